The van der Waals surface area contributed by atoms with Crippen LogP contribution in [-0.4, -0.2) is 50.7 Å². The third-order valence-corrected chi connectivity index (χ3v) is 6.96. The maximum Gasteiger partial charge on any atom is 0.243 e. The van der Waals surface area contributed by atoms with Gasteiger partial charge in [-0.3, -0.25) is 0 Å². The SMILES string of the molecule is CN(C1CCS(=O)(=O)C1)S(=O)(=O)c1ccnc(Cl)c1. The molecule has 0 aliphatic carbocycles. The van der Waals surface area contributed by atoms with Crippen molar-refractivity contribution in [3.05, 3.63) is 23.5 Å². The molecular weight excluding hydrogens is 312 g/mol. The lowest BCUT2D eigenvalue weighted by Gasteiger charge is -2.22. The predicted molar refractivity (Wildman–Crippen MR) is 71.3 cm³/mol. The van der Waals surface area contributed by atoms with Crippen molar-refractivity contribution in [3.63, 3.8) is 0 Å². The summed E-state index contributed by atoms with van der Waals surface area (Å²) in [5.74, 6) is -0.115. The number of hydrogen-bond donors (Lipinski definition) is 0. The third kappa shape index (κ3) is 3.07. The molecule has 0 amide bonds. The van der Waals surface area contributed by atoms with Gasteiger partial charge in [0.1, 0.15) is 5.15 Å². The van der Waals surface area contributed by atoms with E-state index in [0.717, 1.165) is 4.31 Å². The van der Waals surface area contributed by atoms with Crippen LogP contribution in [0.15, 0.2) is 23.2 Å². The number of aromatic nitrogens is 1. The predicted octanol–water partition coefficient (Wildman–Crippen LogP) is 0.543. The minimum Gasteiger partial charge on any atom is -0.244 e. The van der Waals surface area contributed by atoms with Crippen molar-refractivity contribution < 1.29 is 16.8 Å². The normalized spacial score (nSPS) is 22.8. The van der Waals surface area contributed by atoms with E-state index in [1.54, 1.807) is 0 Å². The van der Waals surface area contributed by atoms with Crippen molar-refractivity contribution >= 4 is 31.5 Å². The fourth-order valence-corrected chi connectivity index (χ4v) is 5.48. The van der Waals surface area contributed by atoms with E-state index in [0.29, 0.717) is 6.42 Å². The van der Waals surface area contributed by atoms with Crippen LogP contribution in [0.2, 0.25) is 5.15 Å². The first kappa shape index (κ1) is 14.7. The highest BCUT2D eigenvalue weighted by molar-refractivity contribution is 7.92. The highest BCUT2D eigenvalue weighted by Crippen LogP contribution is 2.24. The Morgan fingerprint density at radius 1 is 1.47 bits per heavy atom. The zero-order valence-electron chi connectivity index (χ0n) is 10.2. The van der Waals surface area contributed by atoms with Crippen molar-refractivity contribution in [2.75, 3.05) is 18.6 Å². The lowest BCUT2D eigenvalue weighted by molar-refractivity contribution is 0.394. The summed E-state index contributed by atoms with van der Waals surface area (Å²) < 4.78 is 48.6. The fourth-order valence-electron chi connectivity index (χ4n) is 1.97. The number of sulfonamides is 1. The summed E-state index contributed by atoms with van der Waals surface area (Å²) in [6, 6.07) is 2.06. The first-order chi connectivity index (χ1) is 8.72. The Labute approximate surface area is 117 Å². The first-order valence-electron chi connectivity index (χ1n) is 5.52. The Kier molecular flexibility index (Phi) is 3.87. The van der Waals surface area contributed by atoms with Crippen molar-refractivity contribution in [2.24, 2.45) is 0 Å². The van der Waals surface area contributed by atoms with E-state index < -0.39 is 25.9 Å². The maximum atomic E-state index is 12.3. The van der Waals surface area contributed by atoms with Gasteiger partial charge < -0.3 is 0 Å². The molecule has 1 aromatic rings. The molecule has 0 N–H and O–H groups in total. The summed E-state index contributed by atoms with van der Waals surface area (Å²) in [5.41, 5.74) is 0. The Morgan fingerprint density at radius 2 is 2.16 bits per heavy atom. The van der Waals surface area contributed by atoms with Crippen LogP contribution < -0.4 is 0 Å². The highest BCUT2D eigenvalue weighted by atomic mass is 35.5. The molecule has 0 saturated carbocycles. The molecule has 1 aliphatic heterocycles. The zero-order valence-corrected chi connectivity index (χ0v) is 12.5. The van der Waals surface area contributed by atoms with Crippen LogP contribution in [-0.2, 0) is 19.9 Å². The van der Waals surface area contributed by atoms with Crippen molar-refractivity contribution in [1.29, 1.82) is 0 Å². The van der Waals surface area contributed by atoms with Gasteiger partial charge in [-0.05, 0) is 18.6 Å². The number of hydrogen-bond acceptors (Lipinski definition) is 5. The molecule has 1 aliphatic rings. The number of sulfone groups is 1. The lowest BCUT2D eigenvalue weighted by Crippen LogP contribution is -2.37. The van der Waals surface area contributed by atoms with Gasteiger partial charge in [-0.15, -0.1) is 0 Å². The second-order valence-corrected chi connectivity index (χ2v) is 9.01. The largest absolute Gasteiger partial charge is 0.244 e. The van der Waals surface area contributed by atoms with Gasteiger partial charge in [0.05, 0.1) is 16.4 Å². The molecule has 2 heterocycles. The van der Waals surface area contributed by atoms with Gasteiger partial charge in [-0.2, -0.15) is 4.31 Å². The summed E-state index contributed by atoms with van der Waals surface area (Å²) in [6.45, 7) is 0. The van der Waals surface area contributed by atoms with E-state index in [4.69, 9.17) is 11.6 Å². The maximum absolute atomic E-state index is 12.3. The van der Waals surface area contributed by atoms with Crippen molar-refractivity contribution in [1.82, 2.24) is 9.29 Å². The van der Waals surface area contributed by atoms with Gasteiger partial charge in [-0.25, -0.2) is 21.8 Å². The molecule has 106 valence electrons. The Balaban J connectivity index is 2.30. The van der Waals surface area contributed by atoms with Crippen LogP contribution in [0.1, 0.15) is 6.42 Å². The summed E-state index contributed by atoms with van der Waals surface area (Å²) in [4.78, 5) is 3.73. The molecule has 2 rings (SSSR count). The van der Waals surface area contributed by atoms with Crippen LogP contribution in [0.25, 0.3) is 0 Å². The number of rotatable bonds is 3. The molecular formula is C10H13ClN2O4S2. The van der Waals surface area contributed by atoms with E-state index in [-0.39, 0.29) is 21.6 Å². The number of nitrogens with zero attached hydrogens (tertiary/aromatic N) is 2. The Morgan fingerprint density at radius 3 is 2.68 bits per heavy atom. The summed E-state index contributed by atoms with van der Waals surface area (Å²) in [6.07, 6.45) is 1.62. The first-order valence-corrected chi connectivity index (χ1v) is 9.16. The van der Waals surface area contributed by atoms with Crippen LogP contribution >= 0.6 is 11.6 Å². The standard InChI is InChI=1S/C10H13ClN2O4S2/c1-13(8-3-5-18(14,15)7-8)19(16,17)9-2-4-12-10(11)6-9/h2,4,6,8H,3,5,7H2,1H3. The summed E-state index contributed by atoms with van der Waals surface area (Å²) >= 11 is 5.67. The fraction of sp³-hybridized carbons (Fsp3) is 0.500. The average molecular weight is 325 g/mol. The smallest absolute Gasteiger partial charge is 0.243 e. The van der Waals surface area contributed by atoms with Crippen molar-refractivity contribution in [3.8, 4) is 0 Å². The van der Waals surface area contributed by atoms with Crippen LogP contribution in [0.3, 0.4) is 0 Å². The zero-order chi connectivity index (χ0) is 14.3. The minimum absolute atomic E-state index is 0.0132. The third-order valence-electron chi connectivity index (χ3n) is 3.10. The molecule has 0 spiro atoms. The van der Waals surface area contributed by atoms with Crippen LogP contribution in [0.5, 0.6) is 0 Å². The monoisotopic (exact) mass is 324 g/mol. The van der Waals surface area contributed by atoms with E-state index in [1.165, 1.54) is 25.4 Å². The number of pyridine rings is 1. The Hall–Kier alpha value is -0.700. The number of halogens is 1. The molecule has 6 nitrogen and oxygen atoms in total. The van der Waals surface area contributed by atoms with Crippen molar-refractivity contribution in [2.45, 2.75) is 17.4 Å². The van der Waals surface area contributed by atoms with E-state index in [9.17, 15) is 16.8 Å². The van der Waals surface area contributed by atoms with Gasteiger partial charge in [0.15, 0.2) is 9.84 Å². The molecule has 0 aromatic carbocycles. The average Bonchev–Trinajstić information content (AvgIpc) is 2.68. The quantitative estimate of drug-likeness (QED) is 0.758. The molecule has 0 radical (unpaired) electrons. The van der Waals surface area contributed by atoms with Crippen LogP contribution in [0.4, 0.5) is 0 Å². The molecule has 1 unspecified atom stereocenters. The molecule has 0 bridgehead atoms. The molecule has 1 fully saturated rings. The van der Waals surface area contributed by atoms with Crippen LogP contribution in [0, 0.1) is 0 Å². The molecule has 19 heavy (non-hydrogen) atoms. The second kappa shape index (κ2) is 5.01. The molecule has 1 atom stereocenters. The topological polar surface area (TPSA) is 84.4 Å². The lowest BCUT2D eigenvalue weighted by atomic mass is 10.3. The summed E-state index contributed by atoms with van der Waals surface area (Å²) in [7, 11) is -5.50. The van der Waals surface area contributed by atoms with Gasteiger partial charge >= 0.3 is 0 Å². The van der Waals surface area contributed by atoms with Gasteiger partial charge in [-0.1, -0.05) is 11.6 Å². The molecule has 1 saturated heterocycles. The molecule has 9 heteroatoms. The van der Waals surface area contributed by atoms with Gasteiger partial charge in [0.2, 0.25) is 10.0 Å². The van der Waals surface area contributed by atoms with E-state index >= 15 is 0 Å². The van der Waals surface area contributed by atoms with E-state index in [2.05, 4.69) is 4.98 Å². The van der Waals surface area contributed by atoms with Gasteiger partial charge in [0, 0.05) is 19.3 Å². The minimum atomic E-state index is -3.75. The second-order valence-electron chi connectivity index (χ2n) is 4.39. The van der Waals surface area contributed by atoms with E-state index in [1.807, 2.05) is 0 Å². The molecule has 1 aromatic heterocycles. The van der Waals surface area contributed by atoms with Gasteiger partial charge in [0.25, 0.3) is 0 Å². The summed E-state index contributed by atoms with van der Waals surface area (Å²) in [5, 5.41) is 0.0773. The Bertz CT molecular complexity index is 687. The highest BCUT2D eigenvalue weighted by Gasteiger charge is 2.36.